The molecule has 0 spiro atoms. The lowest BCUT2D eigenvalue weighted by Crippen LogP contribution is -2.43. The molecule has 1 N–H and O–H groups in total. The van der Waals surface area contributed by atoms with Crippen molar-refractivity contribution in [1.29, 1.82) is 0 Å². The number of aryl methyl sites for hydroxylation is 2. The minimum Gasteiger partial charge on any atom is -0.337 e. The molecule has 1 aromatic rings. The summed E-state index contributed by atoms with van der Waals surface area (Å²) in [7, 11) is -1.87. The Labute approximate surface area is 141 Å². The molecule has 10 heteroatoms. The van der Waals surface area contributed by atoms with Crippen LogP contribution in [-0.4, -0.2) is 71.8 Å². The maximum absolute atomic E-state index is 12.7. The van der Waals surface area contributed by atoms with Gasteiger partial charge in [0.25, 0.3) is 10.0 Å². The van der Waals surface area contributed by atoms with Gasteiger partial charge in [0.05, 0.1) is 0 Å². The standard InChI is InChI=1S/C13H22ClN5O3S/c1-11-16-12(10-17(11)2)23(21,22)19-7-3-6-18(8-9-19)13(20)15-5-4-14/h10H,3-9H2,1-2H3,(H,15,20). The largest absolute Gasteiger partial charge is 0.337 e. The zero-order valence-electron chi connectivity index (χ0n) is 13.3. The highest BCUT2D eigenvalue weighted by Crippen LogP contribution is 2.17. The molecule has 0 unspecified atom stereocenters. The molecule has 8 nitrogen and oxygen atoms in total. The van der Waals surface area contributed by atoms with Gasteiger partial charge >= 0.3 is 6.03 Å². The summed E-state index contributed by atoms with van der Waals surface area (Å²) in [6.07, 6.45) is 2.10. The number of hydrogen-bond donors (Lipinski definition) is 1. The first-order chi connectivity index (χ1) is 10.9. The number of sulfonamides is 1. The average molecular weight is 364 g/mol. The van der Waals surface area contributed by atoms with E-state index in [0.29, 0.717) is 44.3 Å². The summed E-state index contributed by atoms with van der Waals surface area (Å²) in [5, 5.41) is 2.75. The number of carbonyl (C=O) groups is 1. The second-order valence-electron chi connectivity index (χ2n) is 5.40. The molecule has 2 amide bonds. The number of alkyl halides is 1. The molecule has 0 aromatic carbocycles. The van der Waals surface area contributed by atoms with E-state index in [1.54, 1.807) is 23.4 Å². The number of rotatable bonds is 4. The van der Waals surface area contributed by atoms with Crippen molar-refractivity contribution in [2.24, 2.45) is 7.05 Å². The third kappa shape index (κ3) is 4.15. The van der Waals surface area contributed by atoms with E-state index >= 15 is 0 Å². The molecule has 1 fully saturated rings. The van der Waals surface area contributed by atoms with E-state index in [9.17, 15) is 13.2 Å². The van der Waals surface area contributed by atoms with Crippen LogP contribution in [0.5, 0.6) is 0 Å². The molecule has 0 saturated carbocycles. The molecule has 130 valence electrons. The molecule has 0 aliphatic carbocycles. The van der Waals surface area contributed by atoms with Gasteiger partial charge in [0.15, 0.2) is 5.03 Å². The number of aromatic nitrogens is 2. The highest BCUT2D eigenvalue weighted by atomic mass is 35.5. The van der Waals surface area contributed by atoms with Gasteiger partial charge in [-0.2, -0.15) is 4.31 Å². The van der Waals surface area contributed by atoms with Crippen LogP contribution in [-0.2, 0) is 17.1 Å². The van der Waals surface area contributed by atoms with E-state index in [0.717, 1.165) is 0 Å². The summed E-state index contributed by atoms with van der Waals surface area (Å²) in [6.45, 7) is 3.64. The number of nitrogens with zero attached hydrogens (tertiary/aromatic N) is 4. The Bertz CT molecular complexity index is 641. The summed E-state index contributed by atoms with van der Waals surface area (Å²) in [6, 6.07) is -0.210. The zero-order chi connectivity index (χ0) is 17.0. The number of hydrogen-bond acceptors (Lipinski definition) is 4. The topological polar surface area (TPSA) is 87.5 Å². The Morgan fingerprint density at radius 1 is 1.35 bits per heavy atom. The fourth-order valence-electron chi connectivity index (χ4n) is 2.39. The van der Waals surface area contributed by atoms with Crippen molar-refractivity contribution < 1.29 is 13.2 Å². The summed E-state index contributed by atoms with van der Waals surface area (Å²) >= 11 is 5.55. The Balaban J connectivity index is 2.06. The third-order valence-electron chi connectivity index (χ3n) is 3.80. The van der Waals surface area contributed by atoms with Crippen molar-refractivity contribution in [3.05, 3.63) is 12.0 Å². The van der Waals surface area contributed by atoms with E-state index in [2.05, 4.69) is 10.3 Å². The highest BCUT2D eigenvalue weighted by molar-refractivity contribution is 7.89. The molecule has 0 bridgehead atoms. The molecule has 1 aliphatic rings. The molecular weight excluding hydrogens is 342 g/mol. The lowest BCUT2D eigenvalue weighted by molar-refractivity contribution is 0.201. The minimum atomic E-state index is -3.63. The zero-order valence-corrected chi connectivity index (χ0v) is 14.9. The van der Waals surface area contributed by atoms with Crippen molar-refractivity contribution in [2.45, 2.75) is 18.4 Å². The van der Waals surface area contributed by atoms with Crippen LogP contribution in [0.2, 0.25) is 0 Å². The number of carbonyl (C=O) groups excluding carboxylic acids is 1. The maximum atomic E-state index is 12.7. The van der Waals surface area contributed by atoms with E-state index in [4.69, 9.17) is 11.6 Å². The van der Waals surface area contributed by atoms with Gasteiger partial charge in [0.1, 0.15) is 5.82 Å². The normalized spacial score (nSPS) is 17.1. The van der Waals surface area contributed by atoms with Crippen LogP contribution in [0.1, 0.15) is 12.2 Å². The van der Waals surface area contributed by atoms with Gasteiger partial charge in [-0.1, -0.05) is 0 Å². The van der Waals surface area contributed by atoms with E-state index in [-0.39, 0.29) is 17.6 Å². The molecule has 23 heavy (non-hydrogen) atoms. The van der Waals surface area contributed by atoms with Crippen LogP contribution in [0.3, 0.4) is 0 Å². The van der Waals surface area contributed by atoms with E-state index in [1.165, 1.54) is 10.5 Å². The Hall–Kier alpha value is -1.32. The van der Waals surface area contributed by atoms with Crippen molar-refractivity contribution in [3.8, 4) is 0 Å². The highest BCUT2D eigenvalue weighted by Gasteiger charge is 2.30. The van der Waals surface area contributed by atoms with Gasteiger partial charge in [-0.05, 0) is 13.3 Å². The smallest absolute Gasteiger partial charge is 0.317 e. The first-order valence-electron chi connectivity index (χ1n) is 7.45. The van der Waals surface area contributed by atoms with Crippen molar-refractivity contribution in [3.63, 3.8) is 0 Å². The predicted octanol–water partition coefficient (Wildman–Crippen LogP) is 0.373. The molecule has 2 heterocycles. The monoisotopic (exact) mass is 363 g/mol. The minimum absolute atomic E-state index is 0.0533. The third-order valence-corrected chi connectivity index (χ3v) is 5.76. The molecule has 0 radical (unpaired) electrons. The lowest BCUT2D eigenvalue weighted by atomic mass is 10.4. The van der Waals surface area contributed by atoms with E-state index in [1.807, 2.05) is 0 Å². The SMILES string of the molecule is Cc1nc(S(=O)(=O)N2CCCN(C(=O)NCCCl)CC2)cn1C. The van der Waals surface area contributed by atoms with Crippen LogP contribution in [0.25, 0.3) is 0 Å². The summed E-state index contributed by atoms with van der Waals surface area (Å²) in [4.78, 5) is 17.7. The first-order valence-corrected chi connectivity index (χ1v) is 9.42. The van der Waals surface area contributed by atoms with Crippen LogP contribution < -0.4 is 5.32 Å². The Kier molecular flexibility index (Phi) is 5.88. The quantitative estimate of drug-likeness (QED) is 0.783. The number of imidazole rings is 1. The summed E-state index contributed by atoms with van der Waals surface area (Å²) < 4.78 is 28.4. The molecule has 1 aliphatic heterocycles. The fraction of sp³-hybridized carbons (Fsp3) is 0.692. The Morgan fingerprint density at radius 3 is 2.70 bits per heavy atom. The fourth-order valence-corrected chi connectivity index (χ4v) is 3.98. The number of nitrogens with one attached hydrogen (secondary N) is 1. The van der Waals surface area contributed by atoms with E-state index < -0.39 is 10.0 Å². The molecule has 1 saturated heterocycles. The van der Waals surface area contributed by atoms with Crippen molar-refractivity contribution >= 4 is 27.7 Å². The van der Waals surface area contributed by atoms with Crippen LogP contribution in [0.4, 0.5) is 4.79 Å². The average Bonchev–Trinajstić information content (AvgIpc) is 2.74. The molecule has 0 atom stereocenters. The van der Waals surface area contributed by atoms with Gasteiger partial charge in [-0.15, -0.1) is 11.6 Å². The maximum Gasteiger partial charge on any atom is 0.317 e. The van der Waals surface area contributed by atoms with Crippen LogP contribution in [0, 0.1) is 6.92 Å². The lowest BCUT2D eigenvalue weighted by Gasteiger charge is -2.21. The number of halogens is 1. The van der Waals surface area contributed by atoms with Crippen molar-refractivity contribution in [2.75, 3.05) is 38.6 Å². The van der Waals surface area contributed by atoms with Gasteiger partial charge in [0.2, 0.25) is 0 Å². The second kappa shape index (κ2) is 7.50. The Morgan fingerprint density at radius 2 is 2.09 bits per heavy atom. The second-order valence-corrected chi connectivity index (χ2v) is 7.67. The molecule has 1 aromatic heterocycles. The van der Waals surface area contributed by atoms with Crippen LogP contribution in [0.15, 0.2) is 11.2 Å². The molecular formula is C13H22ClN5O3S. The van der Waals surface area contributed by atoms with Gasteiger partial charge in [0, 0.05) is 51.8 Å². The number of urea groups is 1. The van der Waals surface area contributed by atoms with Gasteiger partial charge in [-0.3, -0.25) is 0 Å². The molecule has 2 rings (SSSR count). The van der Waals surface area contributed by atoms with Gasteiger partial charge in [-0.25, -0.2) is 18.2 Å². The van der Waals surface area contributed by atoms with Crippen LogP contribution >= 0.6 is 11.6 Å². The number of amides is 2. The summed E-state index contributed by atoms with van der Waals surface area (Å²) in [5.74, 6) is 0.986. The van der Waals surface area contributed by atoms with Crippen molar-refractivity contribution in [1.82, 2.24) is 24.1 Å². The summed E-state index contributed by atoms with van der Waals surface area (Å²) in [5.41, 5.74) is 0. The van der Waals surface area contributed by atoms with Gasteiger partial charge < -0.3 is 14.8 Å². The first kappa shape index (κ1) is 18.0. The predicted molar refractivity (Wildman–Crippen MR) is 87.0 cm³/mol.